The maximum Gasteiger partial charge on any atom is 0.500 e. The third-order valence-electron chi connectivity index (χ3n) is 11.9. The highest BCUT2D eigenvalue weighted by molar-refractivity contribution is 6.61. The minimum absolute atomic E-state index is 0.0994. The molecule has 0 bridgehead atoms. The topological polar surface area (TPSA) is 150 Å². The van der Waals surface area contributed by atoms with Crippen molar-refractivity contribution in [2.75, 3.05) is 125 Å². The molecule has 0 aromatic heterocycles. The molecule has 1 fully saturated rings. The normalized spacial score (nSPS) is 17.9. The Morgan fingerprint density at radius 2 is 0.712 bits per heavy atom. The third kappa shape index (κ3) is 23.6. The van der Waals surface area contributed by atoms with Crippen LogP contribution in [0, 0.1) is 0 Å². The number of hydrogen-bond donors (Lipinski definition) is 3. The van der Waals surface area contributed by atoms with Crippen molar-refractivity contribution >= 4 is 35.2 Å². The number of hydrogen-bond acceptors (Lipinski definition) is 16. The lowest BCUT2D eigenvalue weighted by Gasteiger charge is -2.51. The van der Waals surface area contributed by atoms with Gasteiger partial charge in [0.2, 0.25) is 0 Å². The van der Waals surface area contributed by atoms with Crippen LogP contribution >= 0.6 is 0 Å². The molecule has 3 N–H and O–H groups in total. The predicted octanol–water partition coefficient (Wildman–Crippen LogP) is 7.88. The summed E-state index contributed by atoms with van der Waals surface area (Å²) < 4.78 is 77.7. The molecule has 66 heavy (non-hydrogen) atoms. The van der Waals surface area contributed by atoms with Gasteiger partial charge in [0.15, 0.2) is 0 Å². The van der Waals surface area contributed by atoms with Gasteiger partial charge in [0, 0.05) is 128 Å². The van der Waals surface area contributed by atoms with Crippen molar-refractivity contribution < 1.29 is 53.1 Å². The number of nitrogens with zero attached hydrogens (tertiary/aromatic N) is 1. The van der Waals surface area contributed by atoms with Crippen LogP contribution in [0.3, 0.4) is 0 Å². The summed E-state index contributed by atoms with van der Waals surface area (Å²) in [5, 5.41) is 11.7. The summed E-state index contributed by atoms with van der Waals surface area (Å²) in [6.07, 6.45) is 8.23. The highest BCUT2D eigenvalue weighted by Gasteiger charge is 2.49. The summed E-state index contributed by atoms with van der Waals surface area (Å²) in [6, 6.07) is 3.05. The molecule has 1 heterocycles. The molecular formula is C46H104N4O12Si4. The van der Waals surface area contributed by atoms with Crippen LogP contribution in [0.2, 0.25) is 24.2 Å². The molecule has 0 saturated carbocycles. The number of rotatable bonds is 40. The van der Waals surface area contributed by atoms with E-state index in [4.69, 9.17) is 53.1 Å². The van der Waals surface area contributed by atoms with Crippen LogP contribution in [0.5, 0.6) is 0 Å². The van der Waals surface area contributed by atoms with Crippen molar-refractivity contribution in [2.24, 2.45) is 0 Å². The van der Waals surface area contributed by atoms with E-state index >= 15 is 0 Å². The molecule has 0 amide bonds. The van der Waals surface area contributed by atoms with Gasteiger partial charge in [-0.2, -0.15) is 0 Å². The van der Waals surface area contributed by atoms with Crippen molar-refractivity contribution in [3.8, 4) is 0 Å². The number of nitrogens with one attached hydrogen (secondary N) is 3. The van der Waals surface area contributed by atoms with Crippen LogP contribution in [0.1, 0.15) is 141 Å². The zero-order chi connectivity index (χ0) is 48.9. The molecule has 396 valence electrons. The van der Waals surface area contributed by atoms with Crippen LogP contribution in [-0.4, -0.2) is 177 Å². The van der Waals surface area contributed by atoms with Crippen LogP contribution in [0.15, 0.2) is 0 Å². The minimum atomic E-state index is -2.97. The molecule has 0 aliphatic carbocycles. The molecule has 1 aliphatic heterocycles. The fraction of sp³-hybridized carbons (Fsp3) is 1.00. The quantitative estimate of drug-likeness (QED) is 0.0511. The van der Waals surface area contributed by atoms with Crippen molar-refractivity contribution in [3.63, 3.8) is 0 Å². The van der Waals surface area contributed by atoms with E-state index in [1.165, 1.54) is 0 Å². The Morgan fingerprint density at radius 3 is 1.06 bits per heavy atom. The van der Waals surface area contributed by atoms with Crippen molar-refractivity contribution in [3.05, 3.63) is 0 Å². The van der Waals surface area contributed by atoms with E-state index in [-0.39, 0.29) is 11.6 Å². The Labute approximate surface area is 409 Å². The Balaban J connectivity index is 4.22. The Kier molecular flexibility index (Phi) is 37.8. The summed E-state index contributed by atoms with van der Waals surface area (Å²) in [5.74, 6) is 0. The first kappa shape index (κ1) is 64.2. The largest absolute Gasteiger partial charge is 0.500 e. The van der Waals surface area contributed by atoms with E-state index < -0.39 is 35.2 Å². The average molecular weight is 1020 g/mol. The highest BCUT2D eigenvalue weighted by atomic mass is 28.4. The van der Waals surface area contributed by atoms with Gasteiger partial charge in [0.25, 0.3) is 0 Å². The zero-order valence-electron chi connectivity index (χ0n) is 44.6. The molecular weight excluding hydrogens is 913 g/mol. The molecule has 1 rings (SSSR count). The average Bonchev–Trinajstić information content (AvgIpc) is 3.27. The lowest BCUT2D eigenvalue weighted by Crippen LogP contribution is -2.63. The van der Waals surface area contributed by atoms with E-state index in [0.717, 1.165) is 128 Å². The molecule has 1 atom stereocenters. The summed E-state index contributed by atoms with van der Waals surface area (Å²) in [5.41, 5.74) is -0.326. The maximum absolute atomic E-state index is 6.50. The van der Waals surface area contributed by atoms with Crippen molar-refractivity contribution in [1.82, 2.24) is 20.9 Å². The molecule has 1 saturated heterocycles. The van der Waals surface area contributed by atoms with Gasteiger partial charge in [-0.15, -0.1) is 0 Å². The summed E-state index contributed by atoms with van der Waals surface area (Å²) >= 11 is 0. The Hall–Kier alpha value is 0.228. The third-order valence-corrected chi connectivity index (χ3v) is 24.5. The SMILES string of the molecule is CCO[Si](CCCC1NCCCNCCNCCCN(CCC[Si](OCC)(OCC)OCC)C1(CCC[Si](OCC)(OCC)OCC)CCC[Si](OCC)(OCC)OCC)(OCC)OCC. The molecule has 20 heteroatoms. The monoisotopic (exact) mass is 1020 g/mol. The summed E-state index contributed by atoms with van der Waals surface area (Å²) in [4.78, 5) is 2.84. The second kappa shape index (κ2) is 38.8. The van der Waals surface area contributed by atoms with E-state index in [9.17, 15) is 0 Å². The molecule has 0 aromatic rings. The van der Waals surface area contributed by atoms with Gasteiger partial charge in [0.1, 0.15) is 0 Å². The molecule has 1 aliphatic rings. The van der Waals surface area contributed by atoms with Crippen LogP contribution in [0.25, 0.3) is 0 Å². The predicted molar refractivity (Wildman–Crippen MR) is 275 cm³/mol. The van der Waals surface area contributed by atoms with Gasteiger partial charge in [-0.1, -0.05) is 0 Å². The van der Waals surface area contributed by atoms with E-state index in [2.05, 4.69) is 20.9 Å². The smallest absolute Gasteiger partial charge is 0.374 e. The summed E-state index contributed by atoms with van der Waals surface area (Å²) in [6.45, 7) is 37.5. The standard InChI is InChI=1S/C46H104N4O12Si4/c1-13-51-63(52-14-2,53-15-3)41-25-31-45-46(32-26-42-64(54-16-4,55-17-5)56-18-6,33-27-43-65(57-19-7,58-20-8)59-21-9)50(39-29-35-48-38-37-47-34-28-36-49-45)40-30-44-66(60-22-10,61-23-11)62-24-12/h45,47-49H,13-44H2,1-12H3. The lowest BCUT2D eigenvalue weighted by atomic mass is 9.77. The van der Waals surface area contributed by atoms with E-state index in [1.807, 2.05) is 83.1 Å². The van der Waals surface area contributed by atoms with Crippen LogP contribution < -0.4 is 16.0 Å². The zero-order valence-corrected chi connectivity index (χ0v) is 48.6. The van der Waals surface area contributed by atoms with Crippen molar-refractivity contribution in [1.29, 1.82) is 0 Å². The van der Waals surface area contributed by atoms with Gasteiger partial charge in [0.05, 0.1) is 0 Å². The second-order valence-electron chi connectivity index (χ2n) is 16.4. The Bertz CT molecular complexity index is 984. The van der Waals surface area contributed by atoms with Gasteiger partial charge < -0.3 is 69.1 Å². The molecule has 0 radical (unpaired) electrons. The minimum Gasteiger partial charge on any atom is -0.374 e. The van der Waals surface area contributed by atoms with Gasteiger partial charge >= 0.3 is 35.2 Å². The van der Waals surface area contributed by atoms with E-state index in [1.54, 1.807) is 0 Å². The Morgan fingerprint density at radius 1 is 0.394 bits per heavy atom. The lowest BCUT2D eigenvalue weighted by molar-refractivity contribution is 0.0170. The molecule has 16 nitrogen and oxygen atoms in total. The van der Waals surface area contributed by atoms with Crippen LogP contribution in [0.4, 0.5) is 0 Å². The molecule has 1 unspecified atom stereocenters. The van der Waals surface area contributed by atoms with Gasteiger partial charge in [-0.3, -0.25) is 4.90 Å². The van der Waals surface area contributed by atoms with Crippen LogP contribution in [-0.2, 0) is 53.1 Å². The summed E-state index contributed by atoms with van der Waals surface area (Å²) in [7, 11) is -11.8. The van der Waals surface area contributed by atoms with E-state index in [0.29, 0.717) is 79.3 Å². The van der Waals surface area contributed by atoms with Gasteiger partial charge in [-0.05, 0) is 174 Å². The fourth-order valence-corrected chi connectivity index (χ4v) is 20.1. The fourth-order valence-electron chi connectivity index (χ4n) is 9.68. The molecule has 0 aromatic carbocycles. The maximum atomic E-state index is 6.50. The second-order valence-corrected chi connectivity index (χ2v) is 27.4. The first-order valence-electron chi connectivity index (χ1n) is 26.6. The van der Waals surface area contributed by atoms with Gasteiger partial charge in [-0.25, -0.2) is 0 Å². The first-order valence-corrected chi connectivity index (χ1v) is 34.4. The van der Waals surface area contributed by atoms with Crippen molar-refractivity contribution in [2.45, 2.75) is 177 Å². The highest BCUT2D eigenvalue weighted by Crippen LogP contribution is 2.39. The first-order chi connectivity index (χ1) is 32.1. The molecule has 0 spiro atoms.